The van der Waals surface area contributed by atoms with Gasteiger partial charge in [-0.1, -0.05) is 24.7 Å². The summed E-state index contributed by atoms with van der Waals surface area (Å²) in [4.78, 5) is 32.2. The van der Waals surface area contributed by atoms with E-state index in [2.05, 4.69) is 28.3 Å². The largest absolute Gasteiger partial charge is 0.448 e. The molecule has 0 bridgehead atoms. The van der Waals surface area contributed by atoms with E-state index in [9.17, 15) is 9.59 Å². The predicted molar refractivity (Wildman–Crippen MR) is 165 cm³/mol. The monoisotopic (exact) mass is 603 g/mol. The van der Waals surface area contributed by atoms with Crippen molar-refractivity contribution in [2.45, 2.75) is 94.9 Å². The molecule has 2 aliphatic heterocycles. The molecule has 0 spiro atoms. The van der Waals surface area contributed by atoms with Gasteiger partial charge in [-0.15, -0.1) is 11.8 Å². The molecule has 1 unspecified atom stereocenters. The maximum Gasteiger partial charge on any atom is 0.254 e. The first-order chi connectivity index (χ1) is 18.9. The van der Waals surface area contributed by atoms with Gasteiger partial charge in [-0.05, 0) is 83.1 Å². The van der Waals surface area contributed by atoms with Crippen LogP contribution < -0.4 is 20.3 Å². The number of H-pyrrole nitrogens is 1. The van der Waals surface area contributed by atoms with Crippen LogP contribution in [0.15, 0.2) is 21.8 Å². The van der Waals surface area contributed by atoms with Crippen LogP contribution in [0.1, 0.15) is 59.8 Å². The van der Waals surface area contributed by atoms with E-state index in [-0.39, 0.29) is 23.9 Å². The summed E-state index contributed by atoms with van der Waals surface area (Å²) >= 11 is 8.15. The second kappa shape index (κ2) is 11.4. The molecule has 40 heavy (non-hydrogen) atoms. The second-order valence-corrected chi connectivity index (χ2v) is 19.2. The highest BCUT2D eigenvalue weighted by molar-refractivity contribution is 7.98. The molecule has 1 amide bonds. The van der Waals surface area contributed by atoms with Gasteiger partial charge < -0.3 is 24.7 Å². The van der Waals surface area contributed by atoms with Crippen LogP contribution >= 0.6 is 23.4 Å². The number of carbonyl (C=O) groups is 1. The van der Waals surface area contributed by atoms with Crippen molar-refractivity contribution < 1.29 is 14.3 Å². The highest BCUT2D eigenvalue weighted by Crippen LogP contribution is 2.52. The summed E-state index contributed by atoms with van der Waals surface area (Å²) in [5.74, 6) is 0.194. The van der Waals surface area contributed by atoms with E-state index in [1.165, 1.54) is 36.9 Å². The number of amides is 1. The third-order valence-corrected chi connectivity index (χ3v) is 13.5. The van der Waals surface area contributed by atoms with Gasteiger partial charge >= 0.3 is 0 Å². The molecule has 1 aromatic heterocycles. The molecule has 0 radical (unpaired) electrons. The minimum absolute atomic E-state index is 0.119. The Morgan fingerprint density at radius 2 is 1.80 bits per heavy atom. The number of pyridine rings is 1. The quantitative estimate of drug-likeness (QED) is 0.295. The summed E-state index contributed by atoms with van der Waals surface area (Å²) in [6.45, 7) is 13.4. The number of fused-ring (bicyclic) bond motifs is 1. The van der Waals surface area contributed by atoms with Gasteiger partial charge in [0.15, 0.2) is 11.5 Å². The zero-order valence-electron chi connectivity index (χ0n) is 24.5. The number of aromatic amines is 1. The summed E-state index contributed by atoms with van der Waals surface area (Å²) in [5, 5.41) is 3.27. The molecule has 3 aliphatic rings. The van der Waals surface area contributed by atoms with E-state index < -0.39 is 13.9 Å². The van der Waals surface area contributed by atoms with Gasteiger partial charge in [0.05, 0.1) is 5.02 Å². The van der Waals surface area contributed by atoms with Crippen molar-refractivity contribution in [3.63, 3.8) is 0 Å². The Morgan fingerprint density at radius 3 is 2.45 bits per heavy atom. The van der Waals surface area contributed by atoms with Crippen molar-refractivity contribution in [2.75, 3.05) is 19.3 Å². The van der Waals surface area contributed by atoms with E-state index in [4.69, 9.17) is 21.1 Å². The van der Waals surface area contributed by atoms with Crippen LogP contribution in [0, 0.1) is 19.8 Å². The smallest absolute Gasteiger partial charge is 0.254 e. The maximum atomic E-state index is 13.3. The first-order valence-corrected chi connectivity index (χ1v) is 19.4. The molecule has 5 rings (SSSR count). The van der Waals surface area contributed by atoms with Crippen LogP contribution in [-0.2, 0) is 6.54 Å². The zero-order chi connectivity index (χ0) is 28.8. The van der Waals surface area contributed by atoms with Crippen LogP contribution in [0.5, 0.6) is 11.5 Å². The molecule has 2 N–H and O–H groups in total. The van der Waals surface area contributed by atoms with Gasteiger partial charge in [0, 0.05) is 60.8 Å². The van der Waals surface area contributed by atoms with Crippen LogP contribution in [0.2, 0.25) is 30.2 Å². The molecule has 2 aromatic rings. The number of hydrogen-bond acceptors (Lipinski definition) is 6. The number of aromatic nitrogens is 1. The molecule has 1 saturated heterocycles. The van der Waals surface area contributed by atoms with Gasteiger partial charge in [0.2, 0.25) is 0 Å². The van der Waals surface area contributed by atoms with Crippen molar-refractivity contribution in [1.29, 1.82) is 0 Å². The molecule has 218 valence electrons. The van der Waals surface area contributed by atoms with E-state index >= 15 is 0 Å². The van der Waals surface area contributed by atoms with Crippen molar-refractivity contribution in [3.05, 3.63) is 49.9 Å². The summed E-state index contributed by atoms with van der Waals surface area (Å²) < 4.78 is 13.0. The van der Waals surface area contributed by atoms with Crippen molar-refractivity contribution >= 4 is 37.3 Å². The van der Waals surface area contributed by atoms with Gasteiger partial charge in [-0.2, -0.15) is 0 Å². The third-order valence-electron chi connectivity index (χ3n) is 9.27. The van der Waals surface area contributed by atoms with Crippen molar-refractivity contribution in [3.8, 4) is 11.5 Å². The molecular weight excluding hydrogens is 562 g/mol. The highest BCUT2D eigenvalue weighted by Gasteiger charge is 2.48. The van der Waals surface area contributed by atoms with E-state index in [1.54, 1.807) is 6.07 Å². The van der Waals surface area contributed by atoms with Crippen LogP contribution in [-0.4, -0.2) is 55.0 Å². The fourth-order valence-electron chi connectivity index (χ4n) is 6.51. The number of carbonyl (C=O) groups excluding carboxylic acids is 1. The van der Waals surface area contributed by atoms with E-state index in [0.29, 0.717) is 39.3 Å². The fourth-order valence-corrected chi connectivity index (χ4v) is 9.48. The summed E-state index contributed by atoms with van der Waals surface area (Å²) in [6, 6.07) is 7.02. The van der Waals surface area contributed by atoms with Crippen molar-refractivity contribution in [1.82, 2.24) is 15.2 Å². The molecule has 7 nitrogen and oxygen atoms in total. The Labute approximate surface area is 247 Å². The first kappa shape index (κ1) is 29.5. The lowest BCUT2D eigenvalue weighted by Gasteiger charge is -2.44. The Bertz CT molecular complexity index is 1350. The van der Waals surface area contributed by atoms with E-state index in [0.717, 1.165) is 36.3 Å². The number of hydrogen-bond donors (Lipinski definition) is 2. The molecule has 1 atom stereocenters. The molecule has 2 fully saturated rings. The SMILES string of the molecule is CSc1cc(C)[nH]c(=O)c1CNC(=O)c1cc(Cl)c2c(c1C)OC(C)([C@H]1CC[C@@H](N3CC[Si](C)(C)CC3)CC1)O2. The number of nitrogens with one attached hydrogen (secondary N) is 2. The topological polar surface area (TPSA) is 83.7 Å². The highest BCUT2D eigenvalue weighted by atomic mass is 35.5. The van der Waals surface area contributed by atoms with Crippen LogP contribution in [0.3, 0.4) is 0 Å². The fraction of sp³-hybridized carbons (Fsp3) is 0.600. The minimum Gasteiger partial charge on any atom is -0.448 e. The number of aryl methyl sites for hydroxylation is 1. The summed E-state index contributed by atoms with van der Waals surface area (Å²) in [7, 11) is -0.973. The van der Waals surface area contributed by atoms with Crippen LogP contribution in [0.4, 0.5) is 0 Å². The zero-order valence-corrected chi connectivity index (χ0v) is 27.1. The molecule has 1 aliphatic carbocycles. The van der Waals surface area contributed by atoms with Crippen LogP contribution in [0.25, 0.3) is 0 Å². The van der Waals surface area contributed by atoms with Crippen molar-refractivity contribution in [2.24, 2.45) is 5.92 Å². The number of halogens is 1. The lowest BCUT2D eigenvalue weighted by molar-refractivity contribution is -0.124. The molecule has 1 saturated carbocycles. The lowest BCUT2D eigenvalue weighted by atomic mass is 9.80. The number of thioether (sulfide) groups is 1. The average Bonchev–Trinajstić information content (AvgIpc) is 3.29. The standard InChI is InChI=1S/C30H42ClN3O4SSi/c1-18-15-25(39-4)23(29(36)33-18)17-32-28(35)22-16-24(31)27-26(19(22)2)37-30(3,38-27)20-7-9-21(10-8-20)34-11-13-40(5,6)14-12-34/h15-16,20-21H,7-14,17H2,1-6H3,(H,32,35)(H,33,36)/t20-,21+,30?. The Balaban J connectivity index is 1.26. The maximum absolute atomic E-state index is 13.3. The predicted octanol–water partition coefficient (Wildman–Crippen LogP) is 6.37. The molecule has 1 aromatic carbocycles. The summed E-state index contributed by atoms with van der Waals surface area (Å²) in [5.41, 5.74) is 2.25. The molecule has 10 heteroatoms. The second-order valence-electron chi connectivity index (χ2n) is 12.6. The van der Waals surface area contributed by atoms with Gasteiger partial charge in [-0.3, -0.25) is 9.59 Å². The Hall–Kier alpha value is -1.94. The van der Waals surface area contributed by atoms with Gasteiger partial charge in [0.1, 0.15) is 0 Å². The Kier molecular flexibility index (Phi) is 8.41. The Morgan fingerprint density at radius 1 is 1.15 bits per heavy atom. The van der Waals surface area contributed by atoms with E-state index in [1.807, 2.05) is 33.1 Å². The minimum atomic E-state index is -0.973. The third kappa shape index (κ3) is 5.85. The number of rotatable bonds is 6. The summed E-state index contributed by atoms with van der Waals surface area (Å²) in [6.07, 6.45) is 6.31. The average molecular weight is 604 g/mol. The number of ether oxygens (including phenoxy) is 2. The number of benzene rings is 1. The lowest BCUT2D eigenvalue weighted by Crippen LogP contribution is -2.50. The first-order valence-electron chi connectivity index (χ1n) is 14.4. The van der Waals surface area contributed by atoms with Gasteiger partial charge in [0.25, 0.3) is 17.3 Å². The number of nitrogens with zero attached hydrogens (tertiary/aromatic N) is 1. The molecule has 3 heterocycles. The molecular formula is C30H42ClN3O4SSi. The normalized spacial score (nSPS) is 26.1. The van der Waals surface area contributed by atoms with Gasteiger partial charge in [-0.25, -0.2) is 0 Å².